The second-order valence-electron chi connectivity index (χ2n) is 7.25. The van der Waals surface area contributed by atoms with Gasteiger partial charge in [-0.25, -0.2) is 4.99 Å². The molecular weight excluding hydrogens is 517 g/mol. The van der Waals surface area contributed by atoms with E-state index in [-0.39, 0.29) is 24.0 Å². The van der Waals surface area contributed by atoms with Gasteiger partial charge < -0.3 is 24.8 Å². The van der Waals surface area contributed by atoms with Crippen molar-refractivity contribution in [2.24, 2.45) is 4.99 Å². The van der Waals surface area contributed by atoms with Gasteiger partial charge in [0.15, 0.2) is 5.96 Å². The predicted octanol–water partition coefficient (Wildman–Crippen LogP) is 4.47. The van der Waals surface area contributed by atoms with Crippen molar-refractivity contribution in [3.8, 4) is 5.75 Å². The third-order valence-corrected chi connectivity index (χ3v) is 4.78. The molecule has 0 heterocycles. The maximum Gasteiger partial charge on any atom is 0.191 e. The lowest BCUT2D eigenvalue weighted by Gasteiger charge is -2.12. The van der Waals surface area contributed by atoms with E-state index in [2.05, 4.69) is 66.9 Å². The lowest BCUT2D eigenvalue weighted by molar-refractivity contribution is 0.0453. The van der Waals surface area contributed by atoms with Crippen LogP contribution in [0, 0.1) is 6.92 Å². The number of aryl methyl sites for hydroxylation is 1. The highest BCUT2D eigenvalue weighted by Crippen LogP contribution is 2.19. The second kappa shape index (κ2) is 16.7. The number of ether oxygens (including phenoxy) is 3. The van der Waals surface area contributed by atoms with Gasteiger partial charge in [0.05, 0.1) is 33.5 Å². The fourth-order valence-corrected chi connectivity index (χ4v) is 3.13. The van der Waals surface area contributed by atoms with Gasteiger partial charge >= 0.3 is 0 Å². The summed E-state index contributed by atoms with van der Waals surface area (Å²) in [5.41, 5.74) is 4.70. The minimum Gasteiger partial charge on any atom is -0.496 e. The molecule has 32 heavy (non-hydrogen) atoms. The van der Waals surface area contributed by atoms with Gasteiger partial charge in [-0.3, -0.25) is 0 Å². The van der Waals surface area contributed by atoms with Crippen molar-refractivity contribution < 1.29 is 14.2 Å². The summed E-state index contributed by atoms with van der Waals surface area (Å²) in [4.78, 5) is 4.73. The molecule has 0 saturated heterocycles. The van der Waals surface area contributed by atoms with Gasteiger partial charge in [0.2, 0.25) is 0 Å². The van der Waals surface area contributed by atoms with E-state index in [1.807, 2.05) is 6.92 Å². The molecule has 2 aromatic carbocycles. The Bertz CT molecular complexity index is 815. The molecule has 2 aromatic rings. The monoisotopic (exact) mass is 555 g/mol. The highest BCUT2D eigenvalue weighted by atomic mass is 127. The van der Waals surface area contributed by atoms with Crippen molar-refractivity contribution in [1.29, 1.82) is 0 Å². The van der Waals surface area contributed by atoms with E-state index in [4.69, 9.17) is 19.2 Å². The molecule has 0 aliphatic rings. The number of hydrogen-bond donors (Lipinski definition) is 2. The topological polar surface area (TPSA) is 64.1 Å². The van der Waals surface area contributed by atoms with Gasteiger partial charge in [0.1, 0.15) is 5.75 Å². The standard InChI is InChI=1S/C25H37N3O3.HI/c1-5-26-25(27-13-12-21-11-10-20(3)24(17-21)29-4)28-18-22-8-7-9-23(16-22)19-31-15-14-30-6-2;/h7-11,16-17H,5-6,12-15,18-19H2,1-4H3,(H2,26,27,28);1H. The van der Waals surface area contributed by atoms with E-state index in [0.717, 1.165) is 54.5 Å². The summed E-state index contributed by atoms with van der Waals surface area (Å²) >= 11 is 0. The Balaban J connectivity index is 0.00000512. The molecule has 2 N–H and O–H groups in total. The molecule has 0 spiro atoms. The number of methoxy groups -OCH3 is 1. The number of halogens is 1. The van der Waals surface area contributed by atoms with E-state index in [1.165, 1.54) is 5.56 Å². The Labute approximate surface area is 210 Å². The number of hydrogen-bond acceptors (Lipinski definition) is 4. The predicted molar refractivity (Wildman–Crippen MR) is 142 cm³/mol. The van der Waals surface area contributed by atoms with Crippen LogP contribution >= 0.6 is 24.0 Å². The largest absolute Gasteiger partial charge is 0.496 e. The SMILES string of the molecule is CCNC(=NCc1cccc(COCCOCC)c1)NCCc1ccc(C)c(OC)c1.I. The third-order valence-electron chi connectivity index (χ3n) is 4.78. The van der Waals surface area contributed by atoms with Gasteiger partial charge in [0.25, 0.3) is 0 Å². The number of benzene rings is 2. The van der Waals surface area contributed by atoms with Gasteiger partial charge in [-0.05, 0) is 55.5 Å². The van der Waals surface area contributed by atoms with Crippen LogP contribution in [-0.4, -0.2) is 46.0 Å². The normalized spacial score (nSPS) is 11.1. The summed E-state index contributed by atoms with van der Waals surface area (Å²) in [6.07, 6.45) is 0.898. The fourth-order valence-electron chi connectivity index (χ4n) is 3.13. The first-order valence-electron chi connectivity index (χ1n) is 11.0. The van der Waals surface area contributed by atoms with Gasteiger partial charge in [0, 0.05) is 19.7 Å². The molecule has 7 heteroatoms. The zero-order valence-electron chi connectivity index (χ0n) is 19.8. The zero-order valence-corrected chi connectivity index (χ0v) is 22.1. The van der Waals surface area contributed by atoms with Crippen molar-refractivity contribution in [2.75, 3.05) is 40.0 Å². The van der Waals surface area contributed by atoms with E-state index in [1.54, 1.807) is 7.11 Å². The number of rotatable bonds is 13. The Morgan fingerprint density at radius 1 is 0.938 bits per heavy atom. The molecule has 0 aliphatic heterocycles. The Kier molecular flexibility index (Phi) is 14.8. The van der Waals surface area contributed by atoms with Crippen LogP contribution in [0.5, 0.6) is 5.75 Å². The molecule has 0 unspecified atom stereocenters. The average Bonchev–Trinajstić information content (AvgIpc) is 2.78. The smallest absolute Gasteiger partial charge is 0.191 e. The summed E-state index contributed by atoms with van der Waals surface area (Å²) in [6.45, 7) is 10.9. The molecule has 0 bridgehead atoms. The van der Waals surface area contributed by atoms with Crippen LogP contribution in [0.1, 0.15) is 36.1 Å². The number of aliphatic imine (C=N–C) groups is 1. The summed E-state index contributed by atoms with van der Waals surface area (Å²) < 4.78 is 16.4. The molecule has 0 atom stereocenters. The highest BCUT2D eigenvalue weighted by Gasteiger charge is 2.03. The second-order valence-corrected chi connectivity index (χ2v) is 7.25. The summed E-state index contributed by atoms with van der Waals surface area (Å²) in [5, 5.41) is 6.73. The number of nitrogens with zero attached hydrogens (tertiary/aromatic N) is 1. The summed E-state index contributed by atoms with van der Waals surface area (Å²) in [6, 6.07) is 14.7. The average molecular weight is 556 g/mol. The quantitative estimate of drug-likeness (QED) is 0.165. The van der Waals surface area contributed by atoms with Crippen LogP contribution < -0.4 is 15.4 Å². The minimum absolute atomic E-state index is 0. The minimum atomic E-state index is 0. The van der Waals surface area contributed by atoms with E-state index in [9.17, 15) is 0 Å². The molecule has 0 fully saturated rings. The van der Waals surface area contributed by atoms with Crippen LogP contribution in [0.15, 0.2) is 47.5 Å². The molecule has 0 saturated carbocycles. The maximum atomic E-state index is 5.67. The number of nitrogens with one attached hydrogen (secondary N) is 2. The van der Waals surface area contributed by atoms with Crippen LogP contribution in [0.25, 0.3) is 0 Å². The van der Waals surface area contributed by atoms with E-state index >= 15 is 0 Å². The van der Waals surface area contributed by atoms with Crippen LogP contribution in [-0.2, 0) is 29.0 Å². The summed E-state index contributed by atoms with van der Waals surface area (Å²) in [7, 11) is 1.71. The van der Waals surface area contributed by atoms with Crippen molar-refractivity contribution in [1.82, 2.24) is 10.6 Å². The van der Waals surface area contributed by atoms with Crippen molar-refractivity contribution in [3.05, 3.63) is 64.7 Å². The molecule has 0 aromatic heterocycles. The highest BCUT2D eigenvalue weighted by molar-refractivity contribution is 14.0. The Hall–Kier alpha value is -1.84. The van der Waals surface area contributed by atoms with Gasteiger partial charge in [-0.15, -0.1) is 24.0 Å². The van der Waals surface area contributed by atoms with Crippen LogP contribution in [0.4, 0.5) is 0 Å². The van der Waals surface area contributed by atoms with Crippen molar-refractivity contribution >= 4 is 29.9 Å². The Morgan fingerprint density at radius 2 is 1.72 bits per heavy atom. The van der Waals surface area contributed by atoms with Crippen molar-refractivity contribution in [2.45, 2.75) is 40.3 Å². The maximum absolute atomic E-state index is 5.67. The molecule has 6 nitrogen and oxygen atoms in total. The molecule has 0 aliphatic carbocycles. The van der Waals surface area contributed by atoms with E-state index < -0.39 is 0 Å². The van der Waals surface area contributed by atoms with Crippen LogP contribution in [0.3, 0.4) is 0 Å². The van der Waals surface area contributed by atoms with E-state index in [0.29, 0.717) is 26.4 Å². The summed E-state index contributed by atoms with van der Waals surface area (Å²) in [5.74, 6) is 1.75. The van der Waals surface area contributed by atoms with Gasteiger partial charge in [-0.1, -0.05) is 36.4 Å². The molecule has 2 rings (SSSR count). The first kappa shape index (κ1) is 28.2. The molecule has 178 valence electrons. The Morgan fingerprint density at radius 3 is 2.47 bits per heavy atom. The molecule has 0 radical (unpaired) electrons. The van der Waals surface area contributed by atoms with Crippen molar-refractivity contribution in [3.63, 3.8) is 0 Å². The fraction of sp³-hybridized carbons (Fsp3) is 0.480. The first-order chi connectivity index (χ1) is 15.2. The van der Waals surface area contributed by atoms with Gasteiger partial charge in [-0.2, -0.15) is 0 Å². The third kappa shape index (κ3) is 10.7. The lowest BCUT2D eigenvalue weighted by atomic mass is 10.1. The molecule has 0 amide bonds. The zero-order chi connectivity index (χ0) is 22.3. The van der Waals surface area contributed by atoms with Crippen LogP contribution in [0.2, 0.25) is 0 Å². The first-order valence-corrected chi connectivity index (χ1v) is 11.0. The number of guanidine groups is 1. The molecular formula is C25H38IN3O3. The lowest BCUT2D eigenvalue weighted by Crippen LogP contribution is -2.38.